The molecule has 0 unspecified atom stereocenters. The Morgan fingerprint density at radius 3 is 2.90 bits per heavy atom. The van der Waals surface area contributed by atoms with Gasteiger partial charge in [-0.2, -0.15) is 0 Å². The molecule has 10 heavy (non-hydrogen) atoms. The monoisotopic (exact) mass is 143 g/mol. The number of ether oxygens (including phenoxy) is 1. The summed E-state index contributed by atoms with van der Waals surface area (Å²) in [5.74, 6) is 0. The fourth-order valence-electron chi connectivity index (χ4n) is 1.54. The van der Waals surface area contributed by atoms with E-state index in [4.69, 9.17) is 10.5 Å². The van der Waals surface area contributed by atoms with E-state index < -0.39 is 0 Å². The van der Waals surface area contributed by atoms with Gasteiger partial charge in [-0.1, -0.05) is 6.92 Å². The summed E-state index contributed by atoms with van der Waals surface area (Å²) in [5.41, 5.74) is 5.87. The zero-order chi connectivity index (χ0) is 7.45. The molecule has 2 nitrogen and oxygen atoms in total. The molecule has 1 aliphatic heterocycles. The van der Waals surface area contributed by atoms with Crippen molar-refractivity contribution >= 4 is 0 Å². The average molecular weight is 143 g/mol. The maximum Gasteiger partial charge on any atom is 0.0520 e. The average Bonchev–Trinajstić information content (AvgIpc) is 1.89. The Bertz CT molecular complexity index is 91.9. The summed E-state index contributed by atoms with van der Waals surface area (Å²) in [6.07, 6.45) is 3.59. The molecular formula is C8H17NO. The quantitative estimate of drug-likeness (QED) is 0.629. The van der Waals surface area contributed by atoms with Gasteiger partial charge in [-0.3, -0.25) is 0 Å². The highest BCUT2D eigenvalue weighted by Gasteiger charge is 2.26. The first-order chi connectivity index (χ1) is 4.77. The Kier molecular flexibility index (Phi) is 2.69. The van der Waals surface area contributed by atoms with Crippen LogP contribution >= 0.6 is 0 Å². The summed E-state index contributed by atoms with van der Waals surface area (Å²) in [6, 6.07) is 0. The van der Waals surface area contributed by atoms with Crippen LogP contribution in [0.1, 0.15) is 26.2 Å². The van der Waals surface area contributed by atoms with E-state index in [1.165, 1.54) is 12.8 Å². The van der Waals surface area contributed by atoms with Crippen LogP contribution in [-0.2, 0) is 4.74 Å². The van der Waals surface area contributed by atoms with Gasteiger partial charge in [-0.25, -0.2) is 0 Å². The highest BCUT2D eigenvalue weighted by atomic mass is 16.5. The summed E-state index contributed by atoms with van der Waals surface area (Å²) in [7, 11) is 0. The summed E-state index contributed by atoms with van der Waals surface area (Å²) in [5, 5.41) is 0. The van der Waals surface area contributed by atoms with Crippen molar-refractivity contribution in [1.29, 1.82) is 0 Å². The van der Waals surface area contributed by atoms with Crippen molar-refractivity contribution in [2.45, 2.75) is 26.2 Å². The number of rotatable bonds is 2. The minimum absolute atomic E-state index is 0.382. The topological polar surface area (TPSA) is 35.2 Å². The lowest BCUT2D eigenvalue weighted by Gasteiger charge is -2.32. The third kappa shape index (κ3) is 1.96. The fraction of sp³-hybridized carbons (Fsp3) is 1.00. The van der Waals surface area contributed by atoms with Crippen LogP contribution in [0.15, 0.2) is 0 Å². The zero-order valence-corrected chi connectivity index (χ0v) is 6.73. The summed E-state index contributed by atoms with van der Waals surface area (Å²) < 4.78 is 5.38. The predicted octanol–water partition coefficient (Wildman–Crippen LogP) is 1.15. The van der Waals surface area contributed by atoms with Crippen LogP contribution in [0.4, 0.5) is 0 Å². The molecule has 1 atom stereocenters. The Morgan fingerprint density at radius 1 is 1.60 bits per heavy atom. The molecule has 60 valence electrons. The molecule has 1 rings (SSSR count). The van der Waals surface area contributed by atoms with Gasteiger partial charge < -0.3 is 10.5 Å². The molecule has 0 aromatic rings. The van der Waals surface area contributed by atoms with Crippen molar-refractivity contribution in [3.63, 3.8) is 0 Å². The van der Waals surface area contributed by atoms with Gasteiger partial charge in [-0.15, -0.1) is 0 Å². The Labute approximate surface area is 62.7 Å². The summed E-state index contributed by atoms with van der Waals surface area (Å²) in [6.45, 7) is 4.91. The van der Waals surface area contributed by atoms with Gasteiger partial charge in [0.2, 0.25) is 0 Å². The normalized spacial score (nSPS) is 34.2. The molecule has 1 aliphatic rings. The van der Waals surface area contributed by atoms with Crippen LogP contribution < -0.4 is 5.73 Å². The smallest absolute Gasteiger partial charge is 0.0520 e. The molecule has 1 heterocycles. The minimum Gasteiger partial charge on any atom is -0.381 e. The van der Waals surface area contributed by atoms with Crippen LogP contribution in [0.5, 0.6) is 0 Å². The first-order valence-electron chi connectivity index (χ1n) is 4.05. The van der Waals surface area contributed by atoms with E-state index in [0.29, 0.717) is 5.41 Å². The van der Waals surface area contributed by atoms with Crippen molar-refractivity contribution in [3.05, 3.63) is 0 Å². The standard InChI is InChI=1S/C8H17NO/c1-8(4-5-9)3-2-6-10-7-8/h2-7,9H2,1H3/t8-/m1/s1. The highest BCUT2D eigenvalue weighted by Crippen LogP contribution is 2.30. The Morgan fingerprint density at radius 2 is 2.40 bits per heavy atom. The fourth-order valence-corrected chi connectivity index (χ4v) is 1.54. The van der Waals surface area contributed by atoms with Crippen LogP contribution in [0.25, 0.3) is 0 Å². The number of nitrogens with two attached hydrogens (primary N) is 1. The number of hydrogen-bond acceptors (Lipinski definition) is 2. The third-order valence-corrected chi connectivity index (χ3v) is 2.27. The molecule has 0 saturated carbocycles. The molecule has 2 N–H and O–H groups in total. The molecule has 1 saturated heterocycles. The van der Waals surface area contributed by atoms with Gasteiger partial charge >= 0.3 is 0 Å². The first-order valence-corrected chi connectivity index (χ1v) is 4.05. The van der Waals surface area contributed by atoms with Crippen molar-refractivity contribution in [2.75, 3.05) is 19.8 Å². The highest BCUT2D eigenvalue weighted by molar-refractivity contribution is 4.76. The molecular weight excluding hydrogens is 126 g/mol. The summed E-state index contributed by atoms with van der Waals surface area (Å²) in [4.78, 5) is 0. The molecule has 1 fully saturated rings. The van der Waals surface area contributed by atoms with Gasteiger partial charge in [0.25, 0.3) is 0 Å². The lowest BCUT2D eigenvalue weighted by Crippen LogP contribution is -2.30. The Balaban J connectivity index is 2.32. The molecule has 0 amide bonds. The van der Waals surface area contributed by atoms with E-state index in [2.05, 4.69) is 6.92 Å². The van der Waals surface area contributed by atoms with Gasteiger partial charge in [0.15, 0.2) is 0 Å². The van der Waals surface area contributed by atoms with Crippen molar-refractivity contribution in [1.82, 2.24) is 0 Å². The maximum atomic E-state index is 5.49. The van der Waals surface area contributed by atoms with Gasteiger partial charge in [-0.05, 0) is 31.2 Å². The molecule has 0 radical (unpaired) electrons. The maximum absolute atomic E-state index is 5.49. The van der Waals surface area contributed by atoms with Gasteiger partial charge in [0, 0.05) is 6.61 Å². The SMILES string of the molecule is C[C@]1(CCN)CCCOC1. The Hall–Kier alpha value is -0.0800. The van der Waals surface area contributed by atoms with Crippen LogP contribution in [-0.4, -0.2) is 19.8 Å². The molecule has 0 spiro atoms. The summed E-state index contributed by atoms with van der Waals surface area (Å²) >= 11 is 0. The molecule has 0 aromatic heterocycles. The van der Waals surface area contributed by atoms with E-state index in [9.17, 15) is 0 Å². The van der Waals surface area contributed by atoms with Crippen LogP contribution in [0.2, 0.25) is 0 Å². The van der Waals surface area contributed by atoms with E-state index in [0.717, 1.165) is 26.2 Å². The largest absolute Gasteiger partial charge is 0.381 e. The predicted molar refractivity (Wildman–Crippen MR) is 41.8 cm³/mol. The lowest BCUT2D eigenvalue weighted by molar-refractivity contribution is -0.000606. The van der Waals surface area contributed by atoms with E-state index in [-0.39, 0.29) is 0 Å². The minimum atomic E-state index is 0.382. The second kappa shape index (κ2) is 3.35. The van der Waals surface area contributed by atoms with Crippen molar-refractivity contribution < 1.29 is 4.74 Å². The second-order valence-electron chi connectivity index (χ2n) is 3.51. The molecule has 0 aliphatic carbocycles. The van der Waals surface area contributed by atoms with Gasteiger partial charge in [0.1, 0.15) is 0 Å². The lowest BCUT2D eigenvalue weighted by atomic mass is 9.82. The van der Waals surface area contributed by atoms with Crippen molar-refractivity contribution in [2.24, 2.45) is 11.1 Å². The second-order valence-corrected chi connectivity index (χ2v) is 3.51. The van der Waals surface area contributed by atoms with Crippen LogP contribution in [0.3, 0.4) is 0 Å². The molecule has 2 heteroatoms. The number of hydrogen-bond donors (Lipinski definition) is 1. The molecule has 0 bridgehead atoms. The zero-order valence-electron chi connectivity index (χ0n) is 6.73. The first kappa shape index (κ1) is 8.02. The molecule has 0 aromatic carbocycles. The van der Waals surface area contributed by atoms with E-state index in [1.807, 2.05) is 0 Å². The van der Waals surface area contributed by atoms with E-state index in [1.54, 1.807) is 0 Å². The third-order valence-electron chi connectivity index (χ3n) is 2.27. The van der Waals surface area contributed by atoms with Gasteiger partial charge in [0.05, 0.1) is 6.61 Å². The van der Waals surface area contributed by atoms with Crippen LogP contribution in [0, 0.1) is 5.41 Å². The van der Waals surface area contributed by atoms with E-state index >= 15 is 0 Å². The van der Waals surface area contributed by atoms with Crippen molar-refractivity contribution in [3.8, 4) is 0 Å².